The SMILES string of the molecule is Cc1ccc(NC(=O)NC(=O)CSC2=Nc3ccccc3CS2)c(C)c1. The molecule has 1 aliphatic rings. The van der Waals surface area contributed by atoms with Gasteiger partial charge in [-0.15, -0.1) is 0 Å². The minimum atomic E-state index is -0.522. The van der Waals surface area contributed by atoms with Crippen molar-refractivity contribution in [2.45, 2.75) is 19.6 Å². The van der Waals surface area contributed by atoms with Crippen LogP contribution in [0.3, 0.4) is 0 Å². The molecule has 5 nitrogen and oxygen atoms in total. The van der Waals surface area contributed by atoms with Gasteiger partial charge < -0.3 is 5.32 Å². The summed E-state index contributed by atoms with van der Waals surface area (Å²) in [6.45, 7) is 3.90. The third kappa shape index (κ3) is 4.89. The summed E-state index contributed by atoms with van der Waals surface area (Å²) in [5.74, 6) is 0.643. The first kappa shape index (κ1) is 18.5. The van der Waals surface area contributed by atoms with Crippen molar-refractivity contribution in [1.82, 2.24) is 5.32 Å². The third-order valence-corrected chi connectivity index (χ3v) is 6.01. The molecule has 2 N–H and O–H groups in total. The van der Waals surface area contributed by atoms with Crippen LogP contribution < -0.4 is 10.6 Å². The number of imide groups is 1. The lowest BCUT2D eigenvalue weighted by Crippen LogP contribution is -2.35. The molecule has 1 heterocycles. The van der Waals surface area contributed by atoms with Gasteiger partial charge >= 0.3 is 6.03 Å². The lowest BCUT2D eigenvalue weighted by atomic mass is 10.1. The first-order valence-electron chi connectivity index (χ1n) is 8.11. The zero-order valence-corrected chi connectivity index (χ0v) is 16.2. The van der Waals surface area contributed by atoms with Crippen molar-refractivity contribution in [3.05, 3.63) is 59.2 Å². The predicted octanol–water partition coefficient (Wildman–Crippen LogP) is 4.62. The van der Waals surface area contributed by atoms with E-state index in [9.17, 15) is 9.59 Å². The maximum absolute atomic E-state index is 12.0. The molecule has 0 aromatic heterocycles. The lowest BCUT2D eigenvalue weighted by molar-refractivity contribution is -0.117. The number of aliphatic imine (C=N–C) groups is 1. The predicted molar refractivity (Wildman–Crippen MR) is 110 cm³/mol. The number of para-hydroxylation sites is 1. The van der Waals surface area contributed by atoms with Crippen LogP contribution in [0.5, 0.6) is 0 Å². The molecule has 0 saturated heterocycles. The molecular formula is C19H19N3O2S2. The summed E-state index contributed by atoms with van der Waals surface area (Å²) in [6.07, 6.45) is 0. The second kappa shape index (κ2) is 8.42. The molecule has 134 valence electrons. The molecule has 3 rings (SSSR count). The van der Waals surface area contributed by atoms with E-state index in [-0.39, 0.29) is 11.7 Å². The fraction of sp³-hybridized carbons (Fsp3) is 0.211. The van der Waals surface area contributed by atoms with Crippen molar-refractivity contribution < 1.29 is 9.59 Å². The Bertz CT molecular complexity index is 881. The number of nitrogens with one attached hydrogen (secondary N) is 2. The Morgan fingerprint density at radius 3 is 2.81 bits per heavy atom. The quantitative estimate of drug-likeness (QED) is 0.809. The Labute approximate surface area is 161 Å². The number of hydrogen-bond acceptors (Lipinski definition) is 5. The molecule has 0 unspecified atom stereocenters. The molecular weight excluding hydrogens is 366 g/mol. The van der Waals surface area contributed by atoms with E-state index in [4.69, 9.17) is 0 Å². The molecule has 0 radical (unpaired) electrons. The number of thioether (sulfide) groups is 2. The van der Waals surface area contributed by atoms with E-state index in [1.807, 2.05) is 50.2 Å². The normalized spacial score (nSPS) is 12.8. The van der Waals surface area contributed by atoms with E-state index >= 15 is 0 Å². The maximum atomic E-state index is 12.0. The maximum Gasteiger partial charge on any atom is 0.325 e. The summed E-state index contributed by atoms with van der Waals surface area (Å²) in [5.41, 5.74) is 4.90. The largest absolute Gasteiger partial charge is 0.325 e. The van der Waals surface area contributed by atoms with Crippen LogP contribution in [0.25, 0.3) is 0 Å². The molecule has 0 spiro atoms. The smallest absolute Gasteiger partial charge is 0.307 e. The molecule has 0 fully saturated rings. The van der Waals surface area contributed by atoms with Gasteiger partial charge in [-0.25, -0.2) is 9.79 Å². The van der Waals surface area contributed by atoms with Crippen LogP contribution in [-0.4, -0.2) is 22.1 Å². The van der Waals surface area contributed by atoms with Gasteiger partial charge in [0.25, 0.3) is 0 Å². The second-order valence-corrected chi connectivity index (χ2v) is 8.09. The third-order valence-electron chi connectivity index (χ3n) is 3.76. The molecule has 7 heteroatoms. The Hall–Kier alpha value is -2.25. The van der Waals surface area contributed by atoms with Crippen molar-refractivity contribution >= 4 is 51.2 Å². The van der Waals surface area contributed by atoms with Gasteiger partial charge in [0, 0.05) is 11.4 Å². The summed E-state index contributed by atoms with van der Waals surface area (Å²) in [6, 6.07) is 13.2. The number of carbonyl (C=O) groups is 2. The van der Waals surface area contributed by atoms with Gasteiger partial charge in [-0.2, -0.15) is 0 Å². The van der Waals surface area contributed by atoms with Gasteiger partial charge in [0.1, 0.15) is 4.38 Å². The molecule has 26 heavy (non-hydrogen) atoms. The first-order valence-corrected chi connectivity index (χ1v) is 10.1. The Morgan fingerprint density at radius 2 is 2.00 bits per heavy atom. The van der Waals surface area contributed by atoms with Gasteiger partial charge in [0.2, 0.25) is 5.91 Å². The number of benzene rings is 2. The molecule has 2 aromatic carbocycles. The van der Waals surface area contributed by atoms with Crippen molar-refractivity contribution in [3.63, 3.8) is 0 Å². The van der Waals surface area contributed by atoms with Crippen LogP contribution in [0, 0.1) is 13.8 Å². The summed E-state index contributed by atoms with van der Waals surface area (Å²) >= 11 is 2.95. The summed E-state index contributed by atoms with van der Waals surface area (Å²) in [4.78, 5) is 28.5. The molecule has 3 amide bonds. The van der Waals surface area contributed by atoms with E-state index in [0.717, 1.165) is 26.9 Å². The topological polar surface area (TPSA) is 70.6 Å². The fourth-order valence-corrected chi connectivity index (χ4v) is 4.35. The number of amides is 3. The first-order chi connectivity index (χ1) is 12.5. The average Bonchev–Trinajstić information content (AvgIpc) is 2.62. The number of rotatable bonds is 3. The highest BCUT2D eigenvalue weighted by molar-refractivity contribution is 8.38. The lowest BCUT2D eigenvalue weighted by Gasteiger charge is -2.14. The van der Waals surface area contributed by atoms with E-state index in [1.165, 1.54) is 17.3 Å². The number of aryl methyl sites for hydroxylation is 2. The van der Waals surface area contributed by atoms with Crippen LogP contribution in [0.2, 0.25) is 0 Å². The van der Waals surface area contributed by atoms with E-state index in [1.54, 1.807) is 11.8 Å². The minimum Gasteiger partial charge on any atom is -0.307 e. The second-order valence-electron chi connectivity index (χ2n) is 5.90. The van der Waals surface area contributed by atoms with Crippen LogP contribution >= 0.6 is 23.5 Å². The van der Waals surface area contributed by atoms with Gasteiger partial charge in [-0.05, 0) is 37.1 Å². The monoisotopic (exact) mass is 385 g/mol. The highest BCUT2D eigenvalue weighted by Crippen LogP contribution is 2.34. The van der Waals surface area contributed by atoms with Gasteiger partial charge in [0.05, 0.1) is 11.4 Å². The number of nitrogens with zero attached hydrogens (tertiary/aromatic N) is 1. The summed E-state index contributed by atoms with van der Waals surface area (Å²) < 4.78 is 0.841. The van der Waals surface area contributed by atoms with Gasteiger partial charge in [0.15, 0.2) is 0 Å². The van der Waals surface area contributed by atoms with E-state index in [0.29, 0.717) is 5.69 Å². The molecule has 0 bridgehead atoms. The Morgan fingerprint density at radius 1 is 1.19 bits per heavy atom. The van der Waals surface area contributed by atoms with Crippen LogP contribution in [0.15, 0.2) is 47.5 Å². The molecule has 0 saturated carbocycles. The number of fused-ring (bicyclic) bond motifs is 1. The number of hydrogen-bond donors (Lipinski definition) is 2. The van der Waals surface area contributed by atoms with Crippen LogP contribution in [-0.2, 0) is 10.5 Å². The van der Waals surface area contributed by atoms with Crippen molar-refractivity contribution in [2.75, 3.05) is 11.1 Å². The Kier molecular flexibility index (Phi) is 6.00. The number of anilines is 1. The van der Waals surface area contributed by atoms with Crippen molar-refractivity contribution in [1.29, 1.82) is 0 Å². The molecule has 0 aliphatic carbocycles. The molecule has 1 aliphatic heterocycles. The number of urea groups is 1. The molecule has 2 aromatic rings. The summed E-state index contributed by atoms with van der Waals surface area (Å²) in [7, 11) is 0. The van der Waals surface area contributed by atoms with Crippen LogP contribution in [0.4, 0.5) is 16.2 Å². The minimum absolute atomic E-state index is 0.147. The summed E-state index contributed by atoms with van der Waals surface area (Å²) in [5, 5.41) is 5.06. The van der Waals surface area contributed by atoms with E-state index < -0.39 is 6.03 Å². The zero-order valence-electron chi connectivity index (χ0n) is 14.5. The van der Waals surface area contributed by atoms with E-state index in [2.05, 4.69) is 21.7 Å². The van der Waals surface area contributed by atoms with Gasteiger partial charge in [-0.1, -0.05) is 59.4 Å². The van der Waals surface area contributed by atoms with Crippen molar-refractivity contribution in [3.8, 4) is 0 Å². The fourth-order valence-electron chi connectivity index (χ4n) is 2.48. The zero-order chi connectivity index (χ0) is 18.5. The standard InChI is InChI=1S/C19H19N3O2S2/c1-12-7-8-15(13(2)9-12)20-18(24)22-17(23)11-26-19-21-16-6-4-3-5-14(16)10-25-19/h3-9H,10-11H2,1-2H3,(H2,20,22,23,24). The highest BCUT2D eigenvalue weighted by atomic mass is 32.2. The van der Waals surface area contributed by atoms with Gasteiger partial charge in [-0.3, -0.25) is 10.1 Å². The average molecular weight is 386 g/mol. The molecule has 0 atom stereocenters. The number of carbonyl (C=O) groups excluding carboxylic acids is 2. The highest BCUT2D eigenvalue weighted by Gasteiger charge is 2.15. The Balaban J connectivity index is 1.50. The van der Waals surface area contributed by atoms with Crippen molar-refractivity contribution in [2.24, 2.45) is 4.99 Å². The van der Waals surface area contributed by atoms with Crippen LogP contribution in [0.1, 0.15) is 16.7 Å².